The highest BCUT2D eigenvalue weighted by Crippen LogP contribution is 2.45. The molecule has 3 rings (SSSR count). The van der Waals surface area contributed by atoms with Crippen LogP contribution in [0.25, 0.3) is 0 Å². The Morgan fingerprint density at radius 2 is 2.33 bits per heavy atom. The van der Waals surface area contributed by atoms with Gasteiger partial charge >= 0.3 is 0 Å². The van der Waals surface area contributed by atoms with E-state index in [-0.39, 0.29) is 0 Å². The van der Waals surface area contributed by atoms with Gasteiger partial charge in [-0.15, -0.1) is 11.3 Å². The molecule has 2 aromatic heterocycles. The van der Waals surface area contributed by atoms with E-state index in [1.165, 1.54) is 30.8 Å². The molecule has 0 saturated heterocycles. The minimum Gasteiger partial charge on any atom is -0.309 e. The maximum absolute atomic E-state index is 4.67. The Balaban J connectivity index is 1.95. The smallest absolute Gasteiger partial charge is 0.0758 e. The lowest BCUT2D eigenvalue weighted by Crippen LogP contribution is -2.27. The van der Waals surface area contributed by atoms with E-state index in [1.54, 1.807) is 11.3 Å². The van der Waals surface area contributed by atoms with Gasteiger partial charge in [0.1, 0.15) is 0 Å². The normalized spacial score (nSPS) is 18.7. The van der Waals surface area contributed by atoms with Gasteiger partial charge in [0.15, 0.2) is 0 Å². The lowest BCUT2D eigenvalue weighted by molar-refractivity contribution is 0.437. The fraction of sp³-hybridized carbons (Fsp3) is 0.438. The van der Waals surface area contributed by atoms with Crippen LogP contribution in [0, 0.1) is 0 Å². The first kappa shape index (κ1) is 15.7. The molecular weight excluding hydrogens is 412 g/mol. The molecule has 2 unspecified atom stereocenters. The molecule has 0 amide bonds. The molecule has 1 aliphatic rings. The van der Waals surface area contributed by atoms with Crippen molar-refractivity contribution in [1.82, 2.24) is 10.3 Å². The Bertz CT molecular complexity index is 626. The summed E-state index contributed by atoms with van der Waals surface area (Å²) in [7, 11) is 0. The van der Waals surface area contributed by atoms with Gasteiger partial charge in [-0.2, -0.15) is 0 Å². The van der Waals surface area contributed by atoms with E-state index in [9.17, 15) is 0 Å². The lowest BCUT2D eigenvalue weighted by atomic mass is 9.92. The van der Waals surface area contributed by atoms with Crippen LogP contribution < -0.4 is 5.32 Å². The molecule has 2 atom stereocenters. The zero-order valence-corrected chi connectivity index (χ0v) is 15.9. The van der Waals surface area contributed by atoms with Gasteiger partial charge in [0.2, 0.25) is 0 Å². The van der Waals surface area contributed by atoms with Gasteiger partial charge in [-0.1, -0.05) is 13.0 Å². The Morgan fingerprint density at radius 1 is 1.48 bits per heavy atom. The van der Waals surface area contributed by atoms with E-state index in [1.807, 2.05) is 12.3 Å². The van der Waals surface area contributed by atoms with E-state index in [0.717, 1.165) is 19.4 Å². The number of aromatic nitrogens is 1. The van der Waals surface area contributed by atoms with Crippen LogP contribution in [0.3, 0.4) is 0 Å². The molecule has 1 N–H and O–H groups in total. The molecule has 0 aliphatic heterocycles. The van der Waals surface area contributed by atoms with Gasteiger partial charge in [0, 0.05) is 23.9 Å². The van der Waals surface area contributed by atoms with E-state index >= 15 is 0 Å². The fourth-order valence-electron chi connectivity index (χ4n) is 3.10. The first-order chi connectivity index (χ1) is 10.2. The third kappa shape index (κ3) is 3.26. The molecule has 0 fully saturated rings. The third-order valence-corrected chi connectivity index (χ3v) is 6.42. The average Bonchev–Trinajstić information content (AvgIpc) is 3.04. The van der Waals surface area contributed by atoms with Crippen molar-refractivity contribution in [3.05, 3.63) is 48.8 Å². The van der Waals surface area contributed by atoms with Crippen molar-refractivity contribution in [2.45, 2.75) is 38.1 Å². The quantitative estimate of drug-likeness (QED) is 0.684. The second-order valence-corrected chi connectivity index (χ2v) is 9.15. The summed E-state index contributed by atoms with van der Waals surface area (Å²) < 4.78 is 2.39. The Kier molecular flexibility index (Phi) is 5.15. The summed E-state index contributed by atoms with van der Waals surface area (Å²) >= 11 is 9.07. The second-order valence-electron chi connectivity index (χ2n) is 5.40. The van der Waals surface area contributed by atoms with Crippen LogP contribution in [0.4, 0.5) is 0 Å². The van der Waals surface area contributed by atoms with Gasteiger partial charge in [-0.05, 0) is 80.9 Å². The summed E-state index contributed by atoms with van der Waals surface area (Å²) in [4.78, 5) is 4.67. The SMILES string of the molecule is CCCNC(c1cc(Br)sc1Br)C1CCc2cccnc21. The highest BCUT2D eigenvalue weighted by Gasteiger charge is 2.33. The summed E-state index contributed by atoms with van der Waals surface area (Å²) in [5, 5.41) is 3.74. The number of nitrogens with zero attached hydrogens (tertiary/aromatic N) is 1. The van der Waals surface area contributed by atoms with Crippen LogP contribution in [0.2, 0.25) is 0 Å². The molecule has 2 aromatic rings. The standard InChI is InChI=1S/C16H18Br2N2S/c1-2-7-19-15(12-9-13(17)21-16(12)18)11-6-5-10-4-3-8-20-14(10)11/h3-4,8-9,11,15,19H,2,5-7H2,1H3. The van der Waals surface area contributed by atoms with Crippen molar-refractivity contribution < 1.29 is 0 Å². The highest BCUT2D eigenvalue weighted by atomic mass is 79.9. The molecule has 5 heteroatoms. The topological polar surface area (TPSA) is 24.9 Å². The number of fused-ring (bicyclic) bond motifs is 1. The number of rotatable bonds is 5. The summed E-state index contributed by atoms with van der Waals surface area (Å²) in [5.41, 5.74) is 4.04. The van der Waals surface area contributed by atoms with Crippen molar-refractivity contribution in [3.63, 3.8) is 0 Å². The molecule has 0 aromatic carbocycles. The van der Waals surface area contributed by atoms with Crippen LogP contribution in [0.5, 0.6) is 0 Å². The molecule has 0 spiro atoms. The van der Waals surface area contributed by atoms with Crippen molar-refractivity contribution >= 4 is 43.2 Å². The monoisotopic (exact) mass is 428 g/mol. The van der Waals surface area contributed by atoms with Crippen molar-refractivity contribution in [1.29, 1.82) is 0 Å². The molecular formula is C16H18Br2N2S. The molecule has 2 heterocycles. The van der Waals surface area contributed by atoms with E-state index in [4.69, 9.17) is 0 Å². The zero-order chi connectivity index (χ0) is 14.8. The number of hydrogen-bond acceptors (Lipinski definition) is 3. The van der Waals surface area contributed by atoms with Crippen LogP contribution in [-0.4, -0.2) is 11.5 Å². The van der Waals surface area contributed by atoms with Crippen molar-refractivity contribution in [3.8, 4) is 0 Å². The lowest BCUT2D eigenvalue weighted by Gasteiger charge is -2.25. The number of nitrogens with one attached hydrogen (secondary N) is 1. The minimum absolute atomic E-state index is 0.332. The largest absolute Gasteiger partial charge is 0.309 e. The van der Waals surface area contributed by atoms with Crippen molar-refractivity contribution in [2.24, 2.45) is 0 Å². The van der Waals surface area contributed by atoms with Crippen LogP contribution >= 0.6 is 43.2 Å². The van der Waals surface area contributed by atoms with Gasteiger partial charge in [0.05, 0.1) is 7.57 Å². The summed E-state index contributed by atoms with van der Waals surface area (Å²) in [6.45, 7) is 3.24. The fourth-order valence-corrected chi connectivity index (χ4v) is 6.03. The van der Waals surface area contributed by atoms with Crippen LogP contribution in [-0.2, 0) is 6.42 Å². The average molecular weight is 430 g/mol. The molecule has 1 aliphatic carbocycles. The van der Waals surface area contributed by atoms with Crippen LogP contribution in [0.1, 0.15) is 48.5 Å². The van der Waals surface area contributed by atoms with Gasteiger partial charge in [-0.25, -0.2) is 0 Å². The summed E-state index contributed by atoms with van der Waals surface area (Å²) in [6, 6.07) is 6.84. The zero-order valence-electron chi connectivity index (χ0n) is 11.9. The summed E-state index contributed by atoms with van der Waals surface area (Å²) in [5.74, 6) is 0.463. The highest BCUT2D eigenvalue weighted by molar-refractivity contribution is 9.12. The maximum Gasteiger partial charge on any atom is 0.0758 e. The molecule has 0 bridgehead atoms. The van der Waals surface area contributed by atoms with E-state index < -0.39 is 0 Å². The molecule has 0 radical (unpaired) electrons. The number of halogens is 2. The predicted molar refractivity (Wildman–Crippen MR) is 96.1 cm³/mol. The van der Waals surface area contributed by atoms with Gasteiger partial charge in [-0.3, -0.25) is 4.98 Å². The molecule has 21 heavy (non-hydrogen) atoms. The molecule has 112 valence electrons. The first-order valence-corrected chi connectivity index (χ1v) is 9.73. The van der Waals surface area contributed by atoms with Crippen LogP contribution in [0.15, 0.2) is 32.0 Å². The maximum atomic E-state index is 4.67. The third-order valence-electron chi connectivity index (χ3n) is 4.04. The van der Waals surface area contributed by atoms with Gasteiger partial charge in [0.25, 0.3) is 0 Å². The first-order valence-electron chi connectivity index (χ1n) is 7.32. The number of thiophene rings is 1. The molecule has 0 saturated carbocycles. The summed E-state index contributed by atoms with van der Waals surface area (Å²) in [6.07, 6.45) is 5.38. The Labute approximate surface area is 146 Å². The van der Waals surface area contributed by atoms with E-state index in [2.05, 4.69) is 61.2 Å². The van der Waals surface area contributed by atoms with Gasteiger partial charge < -0.3 is 5.32 Å². The minimum atomic E-state index is 0.332. The molecule has 2 nitrogen and oxygen atoms in total. The number of aryl methyl sites for hydroxylation is 1. The number of pyridine rings is 1. The predicted octanol–water partition coefficient (Wildman–Crippen LogP) is 5.44. The Hall–Kier alpha value is -0.230. The Morgan fingerprint density at radius 3 is 3.05 bits per heavy atom. The second kappa shape index (κ2) is 6.90. The van der Waals surface area contributed by atoms with E-state index in [0.29, 0.717) is 12.0 Å². The number of hydrogen-bond donors (Lipinski definition) is 1. The van der Waals surface area contributed by atoms with Crippen molar-refractivity contribution in [2.75, 3.05) is 6.54 Å².